The van der Waals surface area contributed by atoms with Gasteiger partial charge >= 0.3 is 0 Å². The number of terminal acetylenes is 1. The number of likely N-dealkylation sites (N-methyl/N-ethyl adjacent to an activating group) is 1. The van der Waals surface area contributed by atoms with Gasteiger partial charge in [-0.3, -0.25) is 0 Å². The van der Waals surface area contributed by atoms with Crippen LogP contribution in [0.1, 0.15) is 6.42 Å². The van der Waals surface area contributed by atoms with E-state index >= 15 is 0 Å². The Morgan fingerprint density at radius 3 is 2.74 bits per heavy atom. The molecule has 8 nitrogen and oxygen atoms in total. The molecule has 4 rings (SSSR count). The first kappa shape index (κ1) is 24.3. The molecular weight excluding hydrogens is 444 g/mol. The van der Waals surface area contributed by atoms with Crippen LogP contribution in [0.2, 0.25) is 0 Å². The van der Waals surface area contributed by atoms with Crippen molar-refractivity contribution in [1.82, 2.24) is 15.3 Å². The van der Waals surface area contributed by atoms with Gasteiger partial charge in [-0.25, -0.2) is 9.97 Å². The molecule has 0 spiro atoms. The molecule has 1 atom stereocenters. The molecule has 1 aliphatic heterocycles. The highest BCUT2D eigenvalue weighted by Gasteiger charge is 2.16. The Kier molecular flexibility index (Phi) is 8.03. The molecule has 1 aromatic heterocycles. The summed E-state index contributed by atoms with van der Waals surface area (Å²) in [6, 6.07) is 15.3. The molecule has 8 heteroatoms. The Balaban J connectivity index is 1.69. The van der Waals surface area contributed by atoms with Crippen molar-refractivity contribution < 1.29 is 19.3 Å². The molecule has 3 aromatic rings. The number of benzene rings is 2. The quantitative estimate of drug-likeness (QED) is 0.434. The van der Waals surface area contributed by atoms with E-state index in [1.807, 2.05) is 60.5 Å². The third kappa shape index (κ3) is 6.21. The van der Waals surface area contributed by atoms with Crippen molar-refractivity contribution in [3.8, 4) is 52.2 Å². The zero-order valence-electron chi connectivity index (χ0n) is 20.0. The summed E-state index contributed by atoms with van der Waals surface area (Å²) >= 11 is 0. The normalized spacial score (nSPS) is 13.1. The summed E-state index contributed by atoms with van der Waals surface area (Å²) in [4.78, 5) is 11.7. The van der Waals surface area contributed by atoms with Gasteiger partial charge in [0.2, 0.25) is 0 Å². The van der Waals surface area contributed by atoms with Gasteiger partial charge in [-0.05, 0) is 37.4 Å². The predicted molar refractivity (Wildman–Crippen MR) is 136 cm³/mol. The van der Waals surface area contributed by atoms with Crippen LogP contribution < -0.4 is 24.4 Å². The molecule has 2 aromatic carbocycles. The lowest BCUT2D eigenvalue weighted by Gasteiger charge is -2.20. The molecule has 0 saturated heterocycles. The second kappa shape index (κ2) is 11.6. The molecule has 1 unspecified atom stereocenters. The topological polar surface area (TPSA) is 89.0 Å². The number of hydrogen-bond donors (Lipinski definition) is 2. The van der Waals surface area contributed by atoms with Gasteiger partial charge in [-0.1, -0.05) is 12.1 Å². The number of ether oxygens (including phenoxy) is 3. The third-order valence-corrected chi connectivity index (χ3v) is 5.51. The van der Waals surface area contributed by atoms with Gasteiger partial charge in [-0.15, -0.1) is 12.3 Å². The average Bonchev–Trinajstić information content (AvgIpc) is 2.90. The molecule has 2 heterocycles. The van der Waals surface area contributed by atoms with E-state index in [-0.39, 0.29) is 6.61 Å². The lowest BCUT2D eigenvalue weighted by Crippen LogP contribution is -2.29. The standard InChI is InChI=1S/C27H30N4O4/c1-4-5-11-31(3)26-16-23(19-9-10-24-25(15-19)34-13-12-33-24)29-27(30-26)20-7-6-8-22(14-20)35-18-21(32)17-28-2/h1,6-10,14-16,21,28,32H,5,11-13,17-18H2,2-3H3. The summed E-state index contributed by atoms with van der Waals surface area (Å²) < 4.78 is 17.2. The summed E-state index contributed by atoms with van der Waals surface area (Å²) in [5, 5.41) is 12.9. The largest absolute Gasteiger partial charge is 0.491 e. The summed E-state index contributed by atoms with van der Waals surface area (Å²) in [7, 11) is 3.74. The van der Waals surface area contributed by atoms with E-state index in [1.54, 1.807) is 7.05 Å². The minimum atomic E-state index is -0.602. The van der Waals surface area contributed by atoms with Gasteiger partial charge in [0, 0.05) is 43.8 Å². The Labute approximate surface area is 205 Å². The SMILES string of the molecule is C#CCCN(C)c1cc(-c2ccc3c(c2)OCCO3)nc(-c2cccc(OCC(O)CNC)c2)n1. The van der Waals surface area contributed by atoms with Gasteiger partial charge < -0.3 is 29.5 Å². The van der Waals surface area contributed by atoms with Crippen LogP contribution in [0.15, 0.2) is 48.5 Å². The van der Waals surface area contributed by atoms with E-state index in [0.717, 1.165) is 28.4 Å². The second-order valence-electron chi connectivity index (χ2n) is 8.22. The van der Waals surface area contributed by atoms with Crippen molar-refractivity contribution >= 4 is 5.82 Å². The number of nitrogens with zero attached hydrogens (tertiary/aromatic N) is 3. The van der Waals surface area contributed by atoms with Crippen molar-refractivity contribution in [2.45, 2.75) is 12.5 Å². The molecule has 0 radical (unpaired) electrons. The Hall–Kier alpha value is -3.80. The van der Waals surface area contributed by atoms with Crippen LogP contribution in [0.4, 0.5) is 5.82 Å². The second-order valence-corrected chi connectivity index (χ2v) is 8.22. The summed E-state index contributed by atoms with van der Waals surface area (Å²) in [6.45, 7) is 2.36. The zero-order chi connectivity index (χ0) is 24.6. The maximum absolute atomic E-state index is 9.96. The number of fused-ring (bicyclic) bond motifs is 1. The average molecular weight is 475 g/mol. The molecular formula is C27H30N4O4. The van der Waals surface area contributed by atoms with Gasteiger partial charge in [0.1, 0.15) is 37.5 Å². The minimum Gasteiger partial charge on any atom is -0.491 e. The van der Waals surface area contributed by atoms with Gasteiger partial charge in [0.25, 0.3) is 0 Å². The molecule has 0 bridgehead atoms. The van der Waals surface area contributed by atoms with E-state index in [0.29, 0.717) is 50.0 Å². The molecule has 182 valence electrons. The third-order valence-electron chi connectivity index (χ3n) is 5.51. The van der Waals surface area contributed by atoms with Crippen LogP contribution in [-0.4, -0.2) is 68.2 Å². The number of aliphatic hydroxyl groups is 1. The van der Waals surface area contributed by atoms with Gasteiger partial charge in [0.05, 0.1) is 5.69 Å². The molecule has 0 fully saturated rings. The highest BCUT2D eigenvalue weighted by Crippen LogP contribution is 2.35. The van der Waals surface area contributed by atoms with Crippen LogP contribution in [0.3, 0.4) is 0 Å². The number of nitrogens with one attached hydrogen (secondary N) is 1. The molecule has 2 N–H and O–H groups in total. The maximum atomic E-state index is 9.96. The highest BCUT2D eigenvalue weighted by atomic mass is 16.6. The number of aliphatic hydroxyl groups excluding tert-OH is 1. The van der Waals surface area contributed by atoms with Crippen molar-refractivity contribution in [1.29, 1.82) is 0 Å². The van der Waals surface area contributed by atoms with Crippen molar-refractivity contribution in [3.63, 3.8) is 0 Å². The summed E-state index contributed by atoms with van der Waals surface area (Å²) in [5.74, 6) is 6.05. The number of aromatic nitrogens is 2. The summed E-state index contributed by atoms with van der Waals surface area (Å²) in [5.41, 5.74) is 2.45. The monoisotopic (exact) mass is 474 g/mol. The Morgan fingerprint density at radius 1 is 1.11 bits per heavy atom. The van der Waals surface area contributed by atoms with E-state index in [1.165, 1.54) is 0 Å². The molecule has 35 heavy (non-hydrogen) atoms. The smallest absolute Gasteiger partial charge is 0.162 e. The van der Waals surface area contributed by atoms with E-state index in [9.17, 15) is 5.11 Å². The maximum Gasteiger partial charge on any atom is 0.162 e. The van der Waals surface area contributed by atoms with Crippen LogP contribution in [0, 0.1) is 12.3 Å². The van der Waals surface area contributed by atoms with Crippen LogP contribution >= 0.6 is 0 Å². The Bertz CT molecular complexity index is 1190. The first-order valence-electron chi connectivity index (χ1n) is 11.6. The van der Waals surface area contributed by atoms with Crippen LogP contribution in [0.5, 0.6) is 17.2 Å². The van der Waals surface area contributed by atoms with Gasteiger partial charge in [-0.2, -0.15) is 0 Å². The molecule has 0 amide bonds. The van der Waals surface area contributed by atoms with Crippen molar-refractivity contribution in [2.75, 3.05) is 51.9 Å². The van der Waals surface area contributed by atoms with Gasteiger partial charge in [0.15, 0.2) is 17.3 Å². The van der Waals surface area contributed by atoms with E-state index in [2.05, 4.69) is 11.2 Å². The first-order chi connectivity index (χ1) is 17.1. The summed E-state index contributed by atoms with van der Waals surface area (Å²) in [6.07, 6.45) is 5.48. The lowest BCUT2D eigenvalue weighted by atomic mass is 10.1. The fourth-order valence-electron chi connectivity index (χ4n) is 3.67. The first-order valence-corrected chi connectivity index (χ1v) is 11.6. The Morgan fingerprint density at radius 2 is 1.94 bits per heavy atom. The van der Waals surface area contributed by atoms with Crippen molar-refractivity contribution in [2.24, 2.45) is 0 Å². The number of hydrogen-bond acceptors (Lipinski definition) is 8. The molecule has 0 aliphatic carbocycles. The fraction of sp³-hybridized carbons (Fsp3) is 0.333. The van der Waals surface area contributed by atoms with Crippen molar-refractivity contribution in [3.05, 3.63) is 48.5 Å². The lowest BCUT2D eigenvalue weighted by molar-refractivity contribution is 0.108. The van der Waals surface area contributed by atoms with E-state index in [4.69, 9.17) is 30.6 Å². The number of rotatable bonds is 10. The fourth-order valence-corrected chi connectivity index (χ4v) is 3.67. The molecule has 0 saturated carbocycles. The van der Waals surface area contributed by atoms with Crippen LogP contribution in [0.25, 0.3) is 22.6 Å². The predicted octanol–water partition coefficient (Wildman–Crippen LogP) is 3.00. The van der Waals surface area contributed by atoms with Crippen LogP contribution in [-0.2, 0) is 0 Å². The zero-order valence-corrected chi connectivity index (χ0v) is 20.0. The highest BCUT2D eigenvalue weighted by molar-refractivity contribution is 5.70. The van der Waals surface area contributed by atoms with E-state index < -0.39 is 6.10 Å². The number of anilines is 1. The minimum absolute atomic E-state index is 0.183. The molecule has 1 aliphatic rings.